The van der Waals surface area contributed by atoms with E-state index in [1.165, 1.54) is 0 Å². The number of rotatable bonds is 7. The molecule has 0 aliphatic carbocycles. The molecule has 1 heterocycles. The van der Waals surface area contributed by atoms with Crippen LogP contribution < -0.4 is 5.32 Å². The van der Waals surface area contributed by atoms with Crippen molar-refractivity contribution < 1.29 is 9.90 Å². The number of aryl methyl sites for hydroxylation is 2. The molecule has 1 aromatic rings. The summed E-state index contributed by atoms with van der Waals surface area (Å²) in [5.41, 5.74) is 2.20. The minimum absolute atomic E-state index is 0.0360. The largest absolute Gasteiger partial charge is 0.388 e. The molecule has 120 valence electrons. The summed E-state index contributed by atoms with van der Waals surface area (Å²) in [5.74, 6) is 0.219. The molecule has 1 amide bonds. The Balaban J connectivity index is 2.55. The Kier molecular flexibility index (Phi) is 5.96. The van der Waals surface area contributed by atoms with Crippen LogP contribution in [0.2, 0.25) is 0 Å². The molecule has 3 N–H and O–H groups in total. The highest BCUT2D eigenvalue weighted by molar-refractivity contribution is 5.77. The van der Waals surface area contributed by atoms with E-state index in [1.54, 1.807) is 6.92 Å². The van der Waals surface area contributed by atoms with Gasteiger partial charge in [0.15, 0.2) is 0 Å². The standard InChI is InChI=1S/C16H29N3O2/c1-7-11(3)16(6,21)9-17-14(20)8-10(2)15-12(4)18-19-13(15)5/h10-11,21H,7-9H2,1-6H3,(H,17,20)(H,18,19). The fourth-order valence-corrected chi connectivity index (χ4v) is 2.63. The van der Waals surface area contributed by atoms with E-state index in [1.807, 2.05) is 34.6 Å². The summed E-state index contributed by atoms with van der Waals surface area (Å²) in [6, 6.07) is 0. The molecular formula is C16H29N3O2. The lowest BCUT2D eigenvalue weighted by atomic mass is 9.88. The van der Waals surface area contributed by atoms with Crippen LogP contribution in [0.15, 0.2) is 0 Å². The second-order valence-corrected chi connectivity index (χ2v) is 6.40. The zero-order chi connectivity index (χ0) is 16.2. The van der Waals surface area contributed by atoms with Gasteiger partial charge < -0.3 is 10.4 Å². The van der Waals surface area contributed by atoms with Crippen molar-refractivity contribution in [1.29, 1.82) is 0 Å². The van der Waals surface area contributed by atoms with E-state index in [0.29, 0.717) is 6.42 Å². The lowest BCUT2D eigenvalue weighted by Crippen LogP contribution is -2.45. The lowest BCUT2D eigenvalue weighted by Gasteiger charge is -2.30. The first-order valence-electron chi connectivity index (χ1n) is 7.69. The smallest absolute Gasteiger partial charge is 0.220 e. The highest BCUT2D eigenvalue weighted by atomic mass is 16.3. The van der Waals surface area contributed by atoms with E-state index in [2.05, 4.69) is 15.5 Å². The van der Waals surface area contributed by atoms with Crippen molar-refractivity contribution in [2.75, 3.05) is 6.54 Å². The van der Waals surface area contributed by atoms with Crippen molar-refractivity contribution in [2.45, 2.75) is 65.9 Å². The maximum atomic E-state index is 12.1. The Bertz CT molecular complexity index is 460. The van der Waals surface area contributed by atoms with E-state index >= 15 is 0 Å². The SMILES string of the molecule is CCC(C)C(C)(O)CNC(=O)CC(C)c1c(C)n[nH]c1C. The Labute approximate surface area is 127 Å². The number of hydrogen-bond donors (Lipinski definition) is 3. The fraction of sp³-hybridized carbons (Fsp3) is 0.750. The molecule has 0 saturated carbocycles. The zero-order valence-corrected chi connectivity index (χ0v) is 14.1. The molecule has 0 bridgehead atoms. The molecular weight excluding hydrogens is 266 g/mol. The normalized spacial score (nSPS) is 17.1. The fourth-order valence-electron chi connectivity index (χ4n) is 2.63. The third kappa shape index (κ3) is 4.56. The molecule has 0 aliphatic rings. The second kappa shape index (κ2) is 7.07. The van der Waals surface area contributed by atoms with E-state index in [4.69, 9.17) is 0 Å². The summed E-state index contributed by atoms with van der Waals surface area (Å²) in [4.78, 5) is 12.1. The Hall–Kier alpha value is -1.36. The molecule has 1 rings (SSSR count). The van der Waals surface area contributed by atoms with Crippen LogP contribution >= 0.6 is 0 Å². The number of aliphatic hydroxyl groups is 1. The first-order valence-corrected chi connectivity index (χ1v) is 7.69. The first kappa shape index (κ1) is 17.7. The minimum atomic E-state index is -0.866. The van der Waals surface area contributed by atoms with Crippen molar-refractivity contribution in [3.05, 3.63) is 17.0 Å². The Morgan fingerprint density at radius 1 is 1.43 bits per heavy atom. The van der Waals surface area contributed by atoms with Crippen LogP contribution in [-0.2, 0) is 4.79 Å². The number of carbonyl (C=O) groups is 1. The van der Waals surface area contributed by atoms with E-state index < -0.39 is 5.60 Å². The van der Waals surface area contributed by atoms with Gasteiger partial charge in [-0.25, -0.2) is 0 Å². The number of aromatic nitrogens is 2. The van der Waals surface area contributed by atoms with E-state index in [9.17, 15) is 9.90 Å². The van der Waals surface area contributed by atoms with E-state index in [0.717, 1.165) is 23.4 Å². The third-order valence-electron chi connectivity index (χ3n) is 4.49. The molecule has 0 fully saturated rings. The number of aromatic amines is 1. The number of amides is 1. The van der Waals surface area contributed by atoms with Gasteiger partial charge in [-0.3, -0.25) is 9.89 Å². The summed E-state index contributed by atoms with van der Waals surface area (Å²) >= 11 is 0. The van der Waals surface area contributed by atoms with Crippen LogP contribution in [0.4, 0.5) is 0 Å². The average Bonchev–Trinajstić information content (AvgIpc) is 2.75. The van der Waals surface area contributed by atoms with Gasteiger partial charge in [0.25, 0.3) is 0 Å². The van der Waals surface area contributed by atoms with Crippen LogP contribution in [0, 0.1) is 19.8 Å². The molecule has 0 saturated heterocycles. The summed E-state index contributed by atoms with van der Waals surface area (Å²) in [5, 5.41) is 20.3. The van der Waals surface area contributed by atoms with E-state index in [-0.39, 0.29) is 24.3 Å². The number of nitrogens with one attached hydrogen (secondary N) is 2. The number of carbonyl (C=O) groups excluding carboxylic acids is 1. The van der Waals surface area contributed by atoms with Gasteiger partial charge in [0.1, 0.15) is 0 Å². The predicted octanol–water partition coefficient (Wildman–Crippen LogP) is 2.43. The van der Waals surface area contributed by atoms with Gasteiger partial charge >= 0.3 is 0 Å². The van der Waals surface area contributed by atoms with Gasteiger partial charge in [0.05, 0.1) is 11.3 Å². The second-order valence-electron chi connectivity index (χ2n) is 6.40. The van der Waals surface area contributed by atoms with Gasteiger partial charge in [0.2, 0.25) is 5.91 Å². The summed E-state index contributed by atoms with van der Waals surface area (Å²) in [7, 11) is 0. The van der Waals surface area contributed by atoms with Crippen molar-refractivity contribution in [2.24, 2.45) is 5.92 Å². The van der Waals surface area contributed by atoms with Crippen molar-refractivity contribution in [3.63, 3.8) is 0 Å². The number of H-pyrrole nitrogens is 1. The van der Waals surface area contributed by atoms with Gasteiger partial charge in [-0.05, 0) is 38.2 Å². The van der Waals surface area contributed by atoms with Crippen LogP contribution in [0.5, 0.6) is 0 Å². The number of hydrogen-bond acceptors (Lipinski definition) is 3. The molecule has 21 heavy (non-hydrogen) atoms. The first-order chi connectivity index (χ1) is 9.69. The topological polar surface area (TPSA) is 78.0 Å². The zero-order valence-electron chi connectivity index (χ0n) is 14.1. The molecule has 0 aliphatic heterocycles. The molecule has 3 atom stereocenters. The van der Waals surface area contributed by atoms with Gasteiger partial charge in [0, 0.05) is 18.7 Å². The highest BCUT2D eigenvalue weighted by Gasteiger charge is 2.27. The number of nitrogens with zero attached hydrogens (tertiary/aromatic N) is 1. The average molecular weight is 295 g/mol. The molecule has 0 spiro atoms. The summed E-state index contributed by atoms with van der Waals surface area (Å²) in [6.45, 7) is 12.0. The molecule has 0 aromatic carbocycles. The molecule has 5 nitrogen and oxygen atoms in total. The summed E-state index contributed by atoms with van der Waals surface area (Å²) in [6.07, 6.45) is 1.28. The third-order valence-corrected chi connectivity index (χ3v) is 4.49. The minimum Gasteiger partial charge on any atom is -0.388 e. The van der Waals surface area contributed by atoms with Crippen molar-refractivity contribution in [3.8, 4) is 0 Å². The quantitative estimate of drug-likeness (QED) is 0.723. The van der Waals surface area contributed by atoms with Gasteiger partial charge in [-0.2, -0.15) is 5.10 Å². The van der Waals surface area contributed by atoms with Crippen LogP contribution in [-0.4, -0.2) is 33.4 Å². The molecule has 0 radical (unpaired) electrons. The lowest BCUT2D eigenvalue weighted by molar-refractivity contribution is -0.123. The highest BCUT2D eigenvalue weighted by Crippen LogP contribution is 2.24. The molecule has 3 unspecified atom stereocenters. The van der Waals surface area contributed by atoms with Crippen LogP contribution in [0.3, 0.4) is 0 Å². The van der Waals surface area contributed by atoms with Gasteiger partial charge in [-0.1, -0.05) is 27.2 Å². The molecule has 5 heteroatoms. The predicted molar refractivity (Wildman–Crippen MR) is 84.2 cm³/mol. The van der Waals surface area contributed by atoms with Crippen LogP contribution in [0.25, 0.3) is 0 Å². The Morgan fingerprint density at radius 2 is 2.05 bits per heavy atom. The summed E-state index contributed by atoms with van der Waals surface area (Å²) < 4.78 is 0. The Morgan fingerprint density at radius 3 is 2.52 bits per heavy atom. The van der Waals surface area contributed by atoms with Crippen LogP contribution in [0.1, 0.15) is 63.4 Å². The van der Waals surface area contributed by atoms with Crippen molar-refractivity contribution >= 4 is 5.91 Å². The van der Waals surface area contributed by atoms with Gasteiger partial charge in [-0.15, -0.1) is 0 Å². The maximum Gasteiger partial charge on any atom is 0.220 e. The molecule has 1 aromatic heterocycles. The maximum absolute atomic E-state index is 12.1. The monoisotopic (exact) mass is 295 g/mol. The van der Waals surface area contributed by atoms with Crippen molar-refractivity contribution in [1.82, 2.24) is 15.5 Å².